The third-order valence-corrected chi connectivity index (χ3v) is 4.69. The molecule has 1 saturated heterocycles. The van der Waals surface area contributed by atoms with Gasteiger partial charge in [-0.15, -0.1) is 0 Å². The summed E-state index contributed by atoms with van der Waals surface area (Å²) < 4.78 is 5.35. The summed E-state index contributed by atoms with van der Waals surface area (Å²) in [6.45, 7) is 10.1. The van der Waals surface area contributed by atoms with E-state index >= 15 is 0 Å². The lowest BCUT2D eigenvalue weighted by atomic mass is 10.2. The maximum atomic E-state index is 6.02. The summed E-state index contributed by atoms with van der Waals surface area (Å²) >= 11 is 6.02. The largest absolute Gasteiger partial charge is 0.347 e. The van der Waals surface area contributed by atoms with Gasteiger partial charge in [-0.05, 0) is 18.1 Å². The van der Waals surface area contributed by atoms with E-state index in [-0.39, 0.29) is 0 Å². The number of aromatic nitrogens is 2. The topological polar surface area (TPSA) is 69.8 Å². The monoisotopic (exact) mass is 390 g/mol. The van der Waals surface area contributed by atoms with Crippen molar-refractivity contribution in [1.29, 1.82) is 0 Å². The van der Waals surface area contributed by atoms with Crippen LogP contribution in [-0.2, 0) is 6.54 Å². The molecular weight excluding hydrogens is 364 g/mol. The summed E-state index contributed by atoms with van der Waals surface area (Å²) in [4.78, 5) is 13.6. The number of nitrogens with one attached hydrogen (secondary N) is 1. The molecule has 0 bridgehead atoms. The third kappa shape index (κ3) is 5.43. The fourth-order valence-corrected chi connectivity index (χ4v) is 3.41. The maximum absolute atomic E-state index is 6.02. The lowest BCUT2D eigenvalue weighted by Gasteiger charge is -2.37. The number of piperazine rings is 1. The van der Waals surface area contributed by atoms with E-state index < -0.39 is 0 Å². The summed E-state index contributed by atoms with van der Waals surface area (Å²) in [5, 5.41) is 8.01. The zero-order valence-electron chi connectivity index (χ0n) is 16.2. The van der Waals surface area contributed by atoms with Crippen LogP contribution in [0.25, 0.3) is 11.4 Å². The summed E-state index contributed by atoms with van der Waals surface area (Å²) in [5.74, 6) is 2.61. The van der Waals surface area contributed by atoms with Crippen molar-refractivity contribution in [3.05, 3.63) is 35.2 Å². The lowest BCUT2D eigenvalue weighted by Crippen LogP contribution is -2.52. The van der Waals surface area contributed by atoms with Crippen LogP contribution < -0.4 is 5.32 Å². The van der Waals surface area contributed by atoms with E-state index in [4.69, 9.17) is 16.1 Å². The van der Waals surface area contributed by atoms with Crippen LogP contribution in [0.15, 0.2) is 33.8 Å². The van der Waals surface area contributed by atoms with E-state index in [9.17, 15) is 0 Å². The van der Waals surface area contributed by atoms with Gasteiger partial charge in [0, 0.05) is 50.4 Å². The van der Waals surface area contributed by atoms with Gasteiger partial charge in [0.25, 0.3) is 0 Å². The Morgan fingerprint density at radius 3 is 2.74 bits per heavy atom. The van der Waals surface area contributed by atoms with Crippen molar-refractivity contribution in [3.8, 4) is 11.4 Å². The van der Waals surface area contributed by atoms with Crippen LogP contribution in [0, 0.1) is 5.92 Å². The predicted molar refractivity (Wildman–Crippen MR) is 108 cm³/mol. The first-order chi connectivity index (χ1) is 13.0. The number of halogens is 1. The molecule has 1 fully saturated rings. The SMILES string of the molecule is CN=C(NCc1nc(-c2cccc(Cl)c2)no1)N1CCN(CC(C)C)CC1. The minimum absolute atomic E-state index is 0.437. The molecule has 0 aliphatic carbocycles. The maximum Gasteiger partial charge on any atom is 0.246 e. The number of nitrogens with zero attached hydrogens (tertiary/aromatic N) is 5. The summed E-state index contributed by atoms with van der Waals surface area (Å²) in [6.07, 6.45) is 0. The Hall–Kier alpha value is -2.12. The van der Waals surface area contributed by atoms with E-state index in [1.165, 1.54) is 0 Å². The second-order valence-electron chi connectivity index (χ2n) is 7.10. The van der Waals surface area contributed by atoms with Gasteiger partial charge in [-0.25, -0.2) is 0 Å². The number of guanidine groups is 1. The molecule has 3 rings (SSSR count). The minimum atomic E-state index is 0.437. The number of hydrogen-bond acceptors (Lipinski definition) is 5. The van der Waals surface area contributed by atoms with E-state index in [0.29, 0.717) is 29.2 Å². The van der Waals surface area contributed by atoms with Crippen LogP contribution in [0.4, 0.5) is 0 Å². The fraction of sp³-hybridized carbons (Fsp3) is 0.526. The van der Waals surface area contributed by atoms with Crippen LogP contribution in [0.2, 0.25) is 5.02 Å². The first-order valence-corrected chi connectivity index (χ1v) is 9.69. The van der Waals surface area contributed by atoms with Crippen LogP contribution >= 0.6 is 11.6 Å². The van der Waals surface area contributed by atoms with Crippen molar-refractivity contribution >= 4 is 17.6 Å². The minimum Gasteiger partial charge on any atom is -0.347 e. The van der Waals surface area contributed by atoms with Gasteiger partial charge in [0.2, 0.25) is 11.7 Å². The molecule has 146 valence electrons. The molecule has 1 aliphatic heterocycles. The summed E-state index contributed by atoms with van der Waals surface area (Å²) in [6, 6.07) is 7.41. The van der Waals surface area contributed by atoms with E-state index in [1.54, 1.807) is 7.05 Å². The molecule has 1 N–H and O–H groups in total. The zero-order valence-corrected chi connectivity index (χ0v) is 16.9. The molecule has 0 spiro atoms. The van der Waals surface area contributed by atoms with Gasteiger partial charge in [0.15, 0.2) is 5.96 Å². The number of rotatable bonds is 5. The molecule has 1 aliphatic rings. The van der Waals surface area contributed by atoms with Crippen molar-refractivity contribution in [2.75, 3.05) is 39.8 Å². The van der Waals surface area contributed by atoms with Crippen LogP contribution in [0.1, 0.15) is 19.7 Å². The van der Waals surface area contributed by atoms with E-state index in [0.717, 1.165) is 44.2 Å². The van der Waals surface area contributed by atoms with Gasteiger partial charge in [-0.1, -0.05) is 42.7 Å². The zero-order chi connectivity index (χ0) is 19.2. The summed E-state index contributed by atoms with van der Waals surface area (Å²) in [7, 11) is 1.80. The Bertz CT molecular complexity index is 767. The van der Waals surface area contributed by atoms with E-state index in [2.05, 4.69) is 44.1 Å². The molecule has 2 aromatic rings. The van der Waals surface area contributed by atoms with Crippen molar-refractivity contribution in [1.82, 2.24) is 25.3 Å². The molecule has 8 heteroatoms. The predicted octanol–water partition coefficient (Wildman–Crippen LogP) is 2.74. The Morgan fingerprint density at radius 1 is 1.30 bits per heavy atom. The molecular formula is C19H27ClN6O. The Balaban J connectivity index is 1.53. The molecule has 1 aromatic carbocycles. The van der Waals surface area contributed by atoms with Gasteiger partial charge in [-0.3, -0.25) is 9.89 Å². The molecule has 0 amide bonds. The lowest BCUT2D eigenvalue weighted by molar-refractivity contribution is 0.163. The van der Waals surface area contributed by atoms with Crippen LogP contribution in [0.3, 0.4) is 0 Å². The fourth-order valence-electron chi connectivity index (χ4n) is 3.22. The highest BCUT2D eigenvalue weighted by Crippen LogP contribution is 2.19. The molecule has 0 atom stereocenters. The van der Waals surface area contributed by atoms with Gasteiger partial charge >= 0.3 is 0 Å². The van der Waals surface area contributed by atoms with Gasteiger partial charge in [0.1, 0.15) is 0 Å². The Kier molecular flexibility index (Phi) is 6.68. The standard InChI is InChI=1S/C19H27ClN6O/c1-14(2)13-25-7-9-26(10-8-25)19(21-3)22-12-17-23-18(24-27-17)15-5-4-6-16(20)11-15/h4-6,11,14H,7-10,12-13H2,1-3H3,(H,21,22). The van der Waals surface area contributed by atoms with Crippen molar-refractivity contribution in [3.63, 3.8) is 0 Å². The second kappa shape index (κ2) is 9.19. The van der Waals surface area contributed by atoms with Crippen molar-refractivity contribution in [2.45, 2.75) is 20.4 Å². The number of benzene rings is 1. The van der Waals surface area contributed by atoms with Crippen molar-refractivity contribution < 1.29 is 4.52 Å². The first kappa shape index (κ1) is 19.6. The molecule has 7 nitrogen and oxygen atoms in total. The molecule has 2 heterocycles. The molecule has 0 radical (unpaired) electrons. The van der Waals surface area contributed by atoms with Gasteiger partial charge in [-0.2, -0.15) is 4.98 Å². The highest BCUT2D eigenvalue weighted by molar-refractivity contribution is 6.30. The highest BCUT2D eigenvalue weighted by Gasteiger charge is 2.20. The van der Waals surface area contributed by atoms with Crippen molar-refractivity contribution in [2.24, 2.45) is 10.9 Å². The van der Waals surface area contributed by atoms with Gasteiger partial charge < -0.3 is 14.7 Å². The normalized spacial score (nSPS) is 16.2. The average Bonchev–Trinajstić information content (AvgIpc) is 3.12. The van der Waals surface area contributed by atoms with Gasteiger partial charge in [0.05, 0.1) is 6.54 Å². The smallest absolute Gasteiger partial charge is 0.246 e. The second-order valence-corrected chi connectivity index (χ2v) is 7.54. The number of hydrogen-bond donors (Lipinski definition) is 1. The van der Waals surface area contributed by atoms with Crippen LogP contribution in [-0.4, -0.2) is 65.7 Å². The quantitative estimate of drug-likeness (QED) is 0.625. The van der Waals surface area contributed by atoms with E-state index in [1.807, 2.05) is 24.3 Å². The first-order valence-electron chi connectivity index (χ1n) is 9.31. The third-order valence-electron chi connectivity index (χ3n) is 4.46. The number of aliphatic imine (C=N–C) groups is 1. The summed E-state index contributed by atoms with van der Waals surface area (Å²) in [5.41, 5.74) is 0.836. The average molecular weight is 391 g/mol. The molecule has 0 saturated carbocycles. The Labute approximate surface area is 165 Å². The van der Waals surface area contributed by atoms with Crippen LogP contribution in [0.5, 0.6) is 0 Å². The molecule has 0 unspecified atom stereocenters. The Morgan fingerprint density at radius 2 is 2.07 bits per heavy atom. The molecule has 1 aromatic heterocycles. The highest BCUT2D eigenvalue weighted by atomic mass is 35.5. The molecule has 27 heavy (non-hydrogen) atoms.